The molecule has 2 rings (SSSR count). The molecule has 1 heterocycles. The van der Waals surface area contributed by atoms with Gasteiger partial charge in [0.05, 0.1) is 24.8 Å². The predicted octanol–water partition coefficient (Wildman–Crippen LogP) is -3.18. The Kier molecular flexibility index (Phi) is 7.34. The Morgan fingerprint density at radius 1 is 1.31 bits per heavy atom. The largest absolute Gasteiger partial charge is 0.391 e. The third-order valence-electron chi connectivity index (χ3n) is 5.28. The Hall–Kier alpha value is -0.850. The number of hydrogen-bond acceptors (Lipinski definition) is 9. The molecule has 1 saturated carbocycles. The molecule has 10 heteroatoms. The summed E-state index contributed by atoms with van der Waals surface area (Å²) in [5, 5.41) is 31.2. The van der Waals surface area contributed by atoms with Crippen molar-refractivity contribution in [2.45, 2.75) is 81.1 Å². The Morgan fingerprint density at radius 3 is 2.54 bits per heavy atom. The van der Waals surface area contributed by atoms with E-state index in [2.05, 4.69) is 0 Å². The number of carbonyl (C=O) groups excluding carboxylic acids is 1. The first kappa shape index (κ1) is 21.5. The number of ether oxygens (including phenoxy) is 2. The number of nitrogens with zero attached hydrogens (tertiary/aromatic N) is 1. The Balaban J connectivity index is 2.12. The second kappa shape index (κ2) is 8.89. The monoisotopic (exact) mass is 376 g/mol. The molecule has 0 aromatic carbocycles. The maximum atomic E-state index is 11.9. The van der Waals surface area contributed by atoms with E-state index in [1.54, 1.807) is 6.92 Å². The van der Waals surface area contributed by atoms with Crippen LogP contribution in [-0.2, 0) is 14.3 Å². The number of likely N-dealkylation sites (N-methyl/N-ethyl adjacent to an activating group) is 1. The van der Waals surface area contributed by atoms with Crippen LogP contribution in [-0.4, -0.2) is 94.7 Å². The van der Waals surface area contributed by atoms with Gasteiger partial charge in [0, 0.05) is 19.1 Å². The number of amides is 1. The summed E-state index contributed by atoms with van der Waals surface area (Å²) in [7, 11) is 1.46. The summed E-state index contributed by atoms with van der Waals surface area (Å²) >= 11 is 0. The molecule has 0 spiro atoms. The number of carbonyl (C=O) groups is 1. The predicted molar refractivity (Wildman–Crippen MR) is 92.6 cm³/mol. The number of aliphatic hydroxyl groups excluding tert-OH is 3. The molecule has 0 bridgehead atoms. The number of rotatable bonds is 5. The fourth-order valence-corrected chi connectivity index (χ4v) is 3.67. The first-order valence-corrected chi connectivity index (χ1v) is 8.99. The van der Waals surface area contributed by atoms with Gasteiger partial charge in [0.15, 0.2) is 6.29 Å². The highest BCUT2D eigenvalue weighted by atomic mass is 16.7. The summed E-state index contributed by atoms with van der Waals surface area (Å²) in [6.07, 6.45) is -4.18. The van der Waals surface area contributed by atoms with Crippen molar-refractivity contribution in [3.8, 4) is 0 Å². The highest BCUT2D eigenvalue weighted by Gasteiger charge is 2.48. The molecular weight excluding hydrogens is 344 g/mol. The van der Waals surface area contributed by atoms with Crippen LogP contribution in [0.3, 0.4) is 0 Å². The van der Waals surface area contributed by atoms with Crippen LogP contribution in [0.2, 0.25) is 0 Å². The summed E-state index contributed by atoms with van der Waals surface area (Å²) in [6, 6.07) is -1.84. The first-order chi connectivity index (χ1) is 12.2. The quantitative estimate of drug-likeness (QED) is 0.289. The van der Waals surface area contributed by atoms with E-state index >= 15 is 0 Å². The summed E-state index contributed by atoms with van der Waals surface area (Å²) < 4.78 is 11.5. The van der Waals surface area contributed by atoms with Crippen LogP contribution in [0.4, 0.5) is 0 Å². The zero-order valence-corrected chi connectivity index (χ0v) is 15.3. The summed E-state index contributed by atoms with van der Waals surface area (Å²) in [6.45, 7) is 1.56. The minimum Gasteiger partial charge on any atom is -0.391 e. The van der Waals surface area contributed by atoms with Crippen molar-refractivity contribution in [1.29, 1.82) is 0 Å². The van der Waals surface area contributed by atoms with Crippen LogP contribution in [0.1, 0.15) is 26.2 Å². The van der Waals surface area contributed by atoms with Gasteiger partial charge in [-0.3, -0.25) is 4.79 Å². The van der Waals surface area contributed by atoms with Gasteiger partial charge in [-0.15, -0.1) is 0 Å². The second-order valence-corrected chi connectivity index (χ2v) is 7.30. The standard InChI is InChI=1S/C16H32N4O6/c1-7(18)11-4-3-9(21)16(25-11)26-15-8(19)5-10(22)13(14(15)24)20(2)12(23)6-17/h7-11,13-16,21-22,24H,3-6,17-19H2,1-2H3. The van der Waals surface area contributed by atoms with Crippen molar-refractivity contribution >= 4 is 5.91 Å². The molecule has 1 amide bonds. The lowest BCUT2D eigenvalue weighted by molar-refractivity contribution is -0.281. The average molecular weight is 376 g/mol. The van der Waals surface area contributed by atoms with Gasteiger partial charge in [-0.05, 0) is 26.2 Å². The molecule has 10 nitrogen and oxygen atoms in total. The lowest BCUT2D eigenvalue weighted by Crippen LogP contribution is -2.66. The van der Waals surface area contributed by atoms with Gasteiger partial charge < -0.3 is 46.9 Å². The molecule has 0 aromatic heterocycles. The van der Waals surface area contributed by atoms with Crippen molar-refractivity contribution in [2.75, 3.05) is 13.6 Å². The van der Waals surface area contributed by atoms with Crippen molar-refractivity contribution in [2.24, 2.45) is 17.2 Å². The third-order valence-corrected chi connectivity index (χ3v) is 5.28. The second-order valence-electron chi connectivity index (χ2n) is 7.30. The Labute approximate surface area is 153 Å². The van der Waals surface area contributed by atoms with E-state index < -0.39 is 48.7 Å². The Morgan fingerprint density at radius 2 is 1.96 bits per heavy atom. The smallest absolute Gasteiger partial charge is 0.236 e. The zero-order chi connectivity index (χ0) is 19.6. The van der Waals surface area contributed by atoms with Crippen molar-refractivity contribution in [1.82, 2.24) is 4.90 Å². The molecular formula is C16H32N4O6. The average Bonchev–Trinajstić information content (AvgIpc) is 2.58. The van der Waals surface area contributed by atoms with Crippen molar-refractivity contribution in [3.05, 3.63) is 0 Å². The van der Waals surface area contributed by atoms with E-state index in [9.17, 15) is 20.1 Å². The molecule has 2 aliphatic rings. The third kappa shape index (κ3) is 4.52. The van der Waals surface area contributed by atoms with E-state index in [1.165, 1.54) is 11.9 Å². The maximum absolute atomic E-state index is 11.9. The Bertz CT molecular complexity index is 482. The molecule has 0 radical (unpaired) electrons. The zero-order valence-electron chi connectivity index (χ0n) is 15.3. The van der Waals surface area contributed by atoms with Gasteiger partial charge in [0.1, 0.15) is 18.3 Å². The molecule has 9 unspecified atom stereocenters. The highest BCUT2D eigenvalue weighted by Crippen LogP contribution is 2.30. The molecule has 1 aliphatic heterocycles. The normalized spacial score (nSPS) is 42.3. The fraction of sp³-hybridized carbons (Fsp3) is 0.938. The molecule has 152 valence electrons. The number of hydrogen-bond donors (Lipinski definition) is 6. The van der Waals surface area contributed by atoms with Gasteiger partial charge in [0.2, 0.25) is 5.91 Å². The summed E-state index contributed by atoms with van der Waals surface area (Å²) in [5.74, 6) is -0.423. The van der Waals surface area contributed by atoms with E-state index in [1.807, 2.05) is 0 Å². The molecule has 0 aromatic rings. The van der Waals surface area contributed by atoms with Gasteiger partial charge in [-0.25, -0.2) is 0 Å². The topological polar surface area (TPSA) is 178 Å². The van der Waals surface area contributed by atoms with Gasteiger partial charge in [0.25, 0.3) is 0 Å². The van der Waals surface area contributed by atoms with E-state index in [0.717, 1.165) is 0 Å². The minimum absolute atomic E-state index is 0.119. The lowest BCUT2D eigenvalue weighted by Gasteiger charge is -2.47. The van der Waals surface area contributed by atoms with Crippen molar-refractivity contribution in [3.63, 3.8) is 0 Å². The lowest BCUT2D eigenvalue weighted by atomic mass is 9.83. The molecule has 26 heavy (non-hydrogen) atoms. The molecule has 1 saturated heterocycles. The van der Waals surface area contributed by atoms with Crippen LogP contribution in [0.5, 0.6) is 0 Å². The van der Waals surface area contributed by atoms with Gasteiger partial charge >= 0.3 is 0 Å². The minimum atomic E-state index is -1.26. The molecule has 2 fully saturated rings. The summed E-state index contributed by atoms with van der Waals surface area (Å²) in [5.41, 5.74) is 17.3. The van der Waals surface area contributed by atoms with Gasteiger partial charge in [-0.1, -0.05) is 0 Å². The maximum Gasteiger partial charge on any atom is 0.236 e. The summed E-state index contributed by atoms with van der Waals surface area (Å²) in [4.78, 5) is 13.1. The van der Waals surface area contributed by atoms with Crippen LogP contribution in [0.25, 0.3) is 0 Å². The molecule has 9 N–H and O–H groups in total. The first-order valence-electron chi connectivity index (χ1n) is 8.99. The van der Waals surface area contributed by atoms with Gasteiger partial charge in [-0.2, -0.15) is 0 Å². The van der Waals surface area contributed by atoms with E-state index in [0.29, 0.717) is 12.8 Å². The molecule has 1 aliphatic carbocycles. The molecule has 9 atom stereocenters. The van der Waals surface area contributed by atoms with Crippen molar-refractivity contribution < 1.29 is 29.6 Å². The SMILES string of the molecule is CC(N)C1CCC(O)C(OC2C(N)CC(O)C(N(C)C(=O)CN)C2O)O1. The van der Waals surface area contributed by atoms with Crippen LogP contribution < -0.4 is 17.2 Å². The van der Waals surface area contributed by atoms with Crippen LogP contribution in [0.15, 0.2) is 0 Å². The van der Waals surface area contributed by atoms with Crippen LogP contribution in [0, 0.1) is 0 Å². The van der Waals surface area contributed by atoms with E-state index in [-0.39, 0.29) is 25.1 Å². The van der Waals surface area contributed by atoms with E-state index in [4.69, 9.17) is 26.7 Å². The fourth-order valence-electron chi connectivity index (χ4n) is 3.67. The van der Waals surface area contributed by atoms with Crippen LogP contribution >= 0.6 is 0 Å². The number of nitrogens with two attached hydrogens (primary N) is 3. The number of aliphatic hydroxyl groups is 3. The highest BCUT2D eigenvalue weighted by molar-refractivity contribution is 5.78.